The summed E-state index contributed by atoms with van der Waals surface area (Å²) in [5.74, 6) is 1.60. The van der Waals surface area contributed by atoms with Crippen molar-refractivity contribution in [1.29, 1.82) is 0 Å². The maximum atomic E-state index is 12.6. The number of urea groups is 1. The summed E-state index contributed by atoms with van der Waals surface area (Å²) < 4.78 is 11.3. The highest BCUT2D eigenvalue weighted by Gasteiger charge is 2.23. The Labute approximate surface area is 159 Å². The summed E-state index contributed by atoms with van der Waals surface area (Å²) in [6, 6.07) is 14.0. The summed E-state index contributed by atoms with van der Waals surface area (Å²) in [5, 5.41) is 3.06. The van der Waals surface area contributed by atoms with Crippen molar-refractivity contribution in [1.82, 2.24) is 4.90 Å². The van der Waals surface area contributed by atoms with Gasteiger partial charge in [-0.3, -0.25) is 0 Å². The maximum Gasteiger partial charge on any atom is 0.321 e. The number of anilines is 2. The molecule has 1 N–H and O–H groups in total. The topological polar surface area (TPSA) is 54.0 Å². The number of hydrogen-bond donors (Lipinski definition) is 1. The Morgan fingerprint density at radius 2 is 1.74 bits per heavy atom. The minimum atomic E-state index is -0.0299. The first-order chi connectivity index (χ1) is 13.2. The Bertz CT molecular complexity index is 816. The number of rotatable bonds is 3. The van der Waals surface area contributed by atoms with Crippen molar-refractivity contribution < 1.29 is 14.3 Å². The Morgan fingerprint density at radius 1 is 1.00 bits per heavy atom. The van der Waals surface area contributed by atoms with Crippen molar-refractivity contribution in [2.24, 2.45) is 0 Å². The Kier molecular flexibility index (Phi) is 5.05. The number of aryl methyl sites for hydroxylation is 1. The third-order valence-corrected chi connectivity index (χ3v) is 5.10. The molecule has 1 saturated heterocycles. The van der Waals surface area contributed by atoms with Crippen LogP contribution in [-0.2, 0) is 6.42 Å². The fourth-order valence-electron chi connectivity index (χ4n) is 3.54. The molecule has 0 aromatic heterocycles. The third kappa shape index (κ3) is 3.79. The lowest BCUT2D eigenvalue weighted by atomic mass is 10.1. The molecule has 0 bridgehead atoms. The molecular formula is C21H25N3O3. The van der Waals surface area contributed by atoms with Crippen LogP contribution in [0.3, 0.4) is 0 Å². The molecule has 4 rings (SSSR count). The first-order valence-corrected chi connectivity index (χ1v) is 9.53. The zero-order valence-corrected chi connectivity index (χ0v) is 15.6. The standard InChI is InChI=1S/C21H25N3O3/c1-2-16-5-3-4-6-18(16)22-21(25)24-11-9-23(10-12-24)17-7-8-19-20(15-17)27-14-13-26-19/h3-8,15H,2,9-14H2,1H3,(H,22,25). The van der Waals surface area contributed by atoms with Crippen LogP contribution in [0, 0.1) is 0 Å². The number of nitrogens with zero attached hydrogens (tertiary/aromatic N) is 2. The summed E-state index contributed by atoms with van der Waals surface area (Å²) in [6.45, 7) is 6.25. The van der Waals surface area contributed by atoms with Gasteiger partial charge in [0.1, 0.15) is 13.2 Å². The predicted molar refractivity (Wildman–Crippen MR) is 106 cm³/mol. The number of hydrogen-bond acceptors (Lipinski definition) is 4. The molecule has 0 aliphatic carbocycles. The van der Waals surface area contributed by atoms with Gasteiger partial charge in [0.05, 0.1) is 0 Å². The molecule has 0 atom stereocenters. The fraction of sp³-hybridized carbons (Fsp3) is 0.381. The van der Waals surface area contributed by atoms with Crippen LogP contribution < -0.4 is 19.7 Å². The zero-order chi connectivity index (χ0) is 18.6. The molecule has 2 aromatic carbocycles. The highest BCUT2D eigenvalue weighted by molar-refractivity contribution is 5.90. The predicted octanol–water partition coefficient (Wildman–Crippen LogP) is 3.37. The average molecular weight is 367 g/mol. The molecule has 0 unspecified atom stereocenters. The van der Waals surface area contributed by atoms with Crippen LogP contribution >= 0.6 is 0 Å². The van der Waals surface area contributed by atoms with Gasteiger partial charge < -0.3 is 24.6 Å². The summed E-state index contributed by atoms with van der Waals surface area (Å²) >= 11 is 0. The largest absolute Gasteiger partial charge is 0.486 e. The molecule has 2 heterocycles. The van der Waals surface area contributed by atoms with Crippen LogP contribution in [0.4, 0.5) is 16.2 Å². The number of piperazine rings is 1. The minimum Gasteiger partial charge on any atom is -0.486 e. The molecule has 142 valence electrons. The van der Waals surface area contributed by atoms with E-state index in [0.29, 0.717) is 26.3 Å². The van der Waals surface area contributed by atoms with Crippen LogP contribution in [0.15, 0.2) is 42.5 Å². The van der Waals surface area contributed by atoms with Gasteiger partial charge in [0.2, 0.25) is 0 Å². The number of carbonyl (C=O) groups excluding carboxylic acids is 1. The normalized spacial score (nSPS) is 16.2. The van der Waals surface area contributed by atoms with Gasteiger partial charge in [-0.2, -0.15) is 0 Å². The van der Waals surface area contributed by atoms with E-state index in [2.05, 4.69) is 29.3 Å². The number of ether oxygens (including phenoxy) is 2. The highest BCUT2D eigenvalue weighted by atomic mass is 16.6. The second kappa shape index (κ2) is 7.78. The van der Waals surface area contributed by atoms with E-state index in [1.165, 1.54) is 0 Å². The molecule has 0 spiro atoms. The first-order valence-electron chi connectivity index (χ1n) is 9.53. The molecule has 1 fully saturated rings. The number of benzene rings is 2. The summed E-state index contributed by atoms with van der Waals surface area (Å²) in [5.41, 5.74) is 3.16. The van der Waals surface area contributed by atoms with Gasteiger partial charge in [-0.1, -0.05) is 25.1 Å². The molecule has 6 heteroatoms. The van der Waals surface area contributed by atoms with Crippen molar-refractivity contribution in [2.45, 2.75) is 13.3 Å². The van der Waals surface area contributed by atoms with E-state index in [-0.39, 0.29) is 6.03 Å². The van der Waals surface area contributed by atoms with E-state index >= 15 is 0 Å². The van der Waals surface area contributed by atoms with Crippen molar-refractivity contribution >= 4 is 17.4 Å². The maximum absolute atomic E-state index is 12.6. The van der Waals surface area contributed by atoms with E-state index in [9.17, 15) is 4.79 Å². The smallest absolute Gasteiger partial charge is 0.321 e. The molecule has 2 aliphatic heterocycles. The van der Waals surface area contributed by atoms with E-state index in [1.54, 1.807) is 0 Å². The lowest BCUT2D eigenvalue weighted by molar-refractivity contribution is 0.171. The van der Waals surface area contributed by atoms with Crippen molar-refractivity contribution in [3.05, 3.63) is 48.0 Å². The van der Waals surface area contributed by atoms with E-state index < -0.39 is 0 Å². The van der Waals surface area contributed by atoms with Crippen LogP contribution in [0.1, 0.15) is 12.5 Å². The monoisotopic (exact) mass is 367 g/mol. The van der Waals surface area contributed by atoms with Crippen molar-refractivity contribution in [3.63, 3.8) is 0 Å². The quantitative estimate of drug-likeness (QED) is 0.904. The lowest BCUT2D eigenvalue weighted by Crippen LogP contribution is -2.50. The van der Waals surface area contributed by atoms with Crippen molar-refractivity contribution in [2.75, 3.05) is 49.6 Å². The Morgan fingerprint density at radius 3 is 2.52 bits per heavy atom. The highest BCUT2D eigenvalue weighted by Crippen LogP contribution is 2.34. The Balaban J connectivity index is 1.36. The van der Waals surface area contributed by atoms with Gasteiger partial charge in [-0.25, -0.2) is 4.79 Å². The number of carbonyl (C=O) groups is 1. The van der Waals surface area contributed by atoms with Crippen LogP contribution in [0.2, 0.25) is 0 Å². The summed E-state index contributed by atoms with van der Waals surface area (Å²) in [6.07, 6.45) is 0.897. The molecule has 0 saturated carbocycles. The molecular weight excluding hydrogens is 342 g/mol. The number of nitrogens with one attached hydrogen (secondary N) is 1. The van der Waals surface area contributed by atoms with E-state index in [4.69, 9.17) is 9.47 Å². The van der Waals surface area contributed by atoms with Gasteiger partial charge in [0.15, 0.2) is 11.5 Å². The molecule has 2 aromatic rings. The van der Waals surface area contributed by atoms with Crippen LogP contribution in [-0.4, -0.2) is 50.3 Å². The summed E-state index contributed by atoms with van der Waals surface area (Å²) in [4.78, 5) is 16.8. The number of para-hydroxylation sites is 1. The third-order valence-electron chi connectivity index (χ3n) is 5.10. The lowest BCUT2D eigenvalue weighted by Gasteiger charge is -2.36. The first kappa shape index (κ1) is 17.5. The Hall–Kier alpha value is -2.89. The number of fused-ring (bicyclic) bond motifs is 1. The van der Waals surface area contributed by atoms with Gasteiger partial charge in [0.25, 0.3) is 0 Å². The molecule has 0 radical (unpaired) electrons. The molecule has 2 amide bonds. The van der Waals surface area contributed by atoms with Gasteiger partial charge in [-0.05, 0) is 30.2 Å². The van der Waals surface area contributed by atoms with Gasteiger partial charge >= 0.3 is 6.03 Å². The molecule has 27 heavy (non-hydrogen) atoms. The average Bonchev–Trinajstić information content (AvgIpc) is 2.74. The van der Waals surface area contributed by atoms with Crippen LogP contribution in [0.5, 0.6) is 11.5 Å². The zero-order valence-electron chi connectivity index (χ0n) is 15.6. The van der Waals surface area contributed by atoms with Crippen molar-refractivity contribution in [3.8, 4) is 11.5 Å². The second-order valence-corrected chi connectivity index (χ2v) is 6.74. The molecule has 6 nitrogen and oxygen atoms in total. The summed E-state index contributed by atoms with van der Waals surface area (Å²) in [7, 11) is 0. The number of amides is 2. The fourth-order valence-corrected chi connectivity index (χ4v) is 3.54. The van der Waals surface area contributed by atoms with Crippen LogP contribution in [0.25, 0.3) is 0 Å². The van der Waals surface area contributed by atoms with Gasteiger partial charge in [-0.15, -0.1) is 0 Å². The van der Waals surface area contributed by atoms with E-state index in [1.807, 2.05) is 35.2 Å². The molecule has 2 aliphatic rings. The SMILES string of the molecule is CCc1ccccc1NC(=O)N1CCN(c2ccc3c(c2)OCCO3)CC1. The second-order valence-electron chi connectivity index (χ2n) is 6.74. The van der Waals surface area contributed by atoms with E-state index in [0.717, 1.165) is 47.9 Å². The minimum absolute atomic E-state index is 0.0299. The van der Waals surface area contributed by atoms with Gasteiger partial charge in [0, 0.05) is 43.6 Å².